The molecule has 0 spiro atoms. The maximum absolute atomic E-state index is 11.4. The highest BCUT2D eigenvalue weighted by Gasteiger charge is 2.17. The highest BCUT2D eigenvalue weighted by atomic mass is 32.2. The van der Waals surface area contributed by atoms with E-state index in [-0.39, 0.29) is 23.0 Å². The molecule has 0 rings (SSSR count). The van der Waals surface area contributed by atoms with Crippen LogP contribution in [0.3, 0.4) is 0 Å². The average molecular weight is 222 g/mol. The topological polar surface area (TPSA) is 54.4 Å². The molecule has 86 valence electrons. The van der Waals surface area contributed by atoms with Crippen molar-refractivity contribution in [3.63, 3.8) is 0 Å². The Labute approximate surface area is 87.4 Å². The van der Waals surface area contributed by atoms with Crippen LogP contribution in [0.25, 0.3) is 0 Å². The normalized spacial score (nSPS) is 15.1. The minimum atomic E-state index is -2.93. The van der Waals surface area contributed by atoms with Crippen LogP contribution in [0.4, 0.5) is 0 Å². The molecule has 1 atom stereocenters. The van der Waals surface area contributed by atoms with E-state index in [1.807, 2.05) is 13.8 Å². The lowest BCUT2D eigenvalue weighted by Gasteiger charge is -2.14. The van der Waals surface area contributed by atoms with Gasteiger partial charge in [0.25, 0.3) is 0 Å². The number of sulfone groups is 1. The highest BCUT2D eigenvalue weighted by molar-refractivity contribution is 7.91. The SMILES string of the molecule is CC(C)C(O)CCCS(=O)(=O)C(C)C. The van der Waals surface area contributed by atoms with E-state index in [0.717, 1.165) is 0 Å². The quantitative estimate of drug-likeness (QED) is 0.743. The summed E-state index contributed by atoms with van der Waals surface area (Å²) in [5, 5.41) is 9.16. The van der Waals surface area contributed by atoms with Crippen molar-refractivity contribution in [1.82, 2.24) is 0 Å². The number of rotatable bonds is 6. The minimum absolute atomic E-state index is 0.189. The molecule has 0 saturated carbocycles. The Hall–Kier alpha value is -0.0900. The zero-order chi connectivity index (χ0) is 11.4. The minimum Gasteiger partial charge on any atom is -0.393 e. The number of hydrogen-bond acceptors (Lipinski definition) is 3. The molecule has 0 amide bonds. The van der Waals surface area contributed by atoms with Crippen molar-refractivity contribution < 1.29 is 13.5 Å². The molecular weight excluding hydrogens is 200 g/mol. The Morgan fingerprint density at radius 3 is 2.00 bits per heavy atom. The van der Waals surface area contributed by atoms with E-state index in [1.165, 1.54) is 0 Å². The van der Waals surface area contributed by atoms with Crippen molar-refractivity contribution in [2.45, 2.75) is 51.9 Å². The lowest BCUT2D eigenvalue weighted by molar-refractivity contribution is 0.115. The maximum Gasteiger partial charge on any atom is 0.152 e. The van der Waals surface area contributed by atoms with E-state index in [4.69, 9.17) is 0 Å². The molecule has 0 radical (unpaired) electrons. The van der Waals surface area contributed by atoms with Crippen LogP contribution in [-0.2, 0) is 9.84 Å². The summed E-state index contributed by atoms with van der Waals surface area (Å²) in [6.07, 6.45) is 0.751. The Balaban J connectivity index is 3.86. The first-order valence-electron chi connectivity index (χ1n) is 5.17. The second-order valence-corrected chi connectivity index (χ2v) is 7.05. The van der Waals surface area contributed by atoms with Crippen LogP contribution in [0.5, 0.6) is 0 Å². The lowest BCUT2D eigenvalue weighted by atomic mass is 10.0. The Kier molecular flexibility index (Phi) is 5.67. The monoisotopic (exact) mass is 222 g/mol. The standard InChI is InChI=1S/C10H22O3S/c1-8(2)10(11)6-5-7-14(12,13)9(3)4/h8-11H,5-7H2,1-4H3. The Morgan fingerprint density at radius 1 is 1.14 bits per heavy atom. The predicted molar refractivity (Wildman–Crippen MR) is 59.0 cm³/mol. The molecule has 1 N–H and O–H groups in total. The number of aliphatic hydroxyl groups is 1. The first kappa shape index (κ1) is 13.9. The van der Waals surface area contributed by atoms with Crippen molar-refractivity contribution in [3.05, 3.63) is 0 Å². The van der Waals surface area contributed by atoms with Gasteiger partial charge in [-0.05, 0) is 32.6 Å². The molecule has 0 aromatic carbocycles. The third kappa shape index (κ3) is 4.96. The number of aliphatic hydroxyl groups excluding tert-OH is 1. The van der Waals surface area contributed by atoms with Crippen molar-refractivity contribution >= 4 is 9.84 Å². The van der Waals surface area contributed by atoms with Gasteiger partial charge in [0.15, 0.2) is 9.84 Å². The van der Waals surface area contributed by atoms with Gasteiger partial charge in [-0.3, -0.25) is 0 Å². The Bertz CT molecular complexity index is 242. The Morgan fingerprint density at radius 2 is 1.64 bits per heavy atom. The summed E-state index contributed by atoms with van der Waals surface area (Å²) in [5.41, 5.74) is 0. The summed E-state index contributed by atoms with van der Waals surface area (Å²) < 4.78 is 22.8. The van der Waals surface area contributed by atoms with E-state index in [9.17, 15) is 13.5 Å². The zero-order valence-electron chi connectivity index (χ0n) is 9.53. The van der Waals surface area contributed by atoms with Crippen molar-refractivity contribution in [2.75, 3.05) is 5.75 Å². The van der Waals surface area contributed by atoms with Gasteiger partial charge in [-0.2, -0.15) is 0 Å². The van der Waals surface area contributed by atoms with E-state index in [1.54, 1.807) is 13.8 Å². The molecule has 4 heteroatoms. The summed E-state index contributed by atoms with van der Waals surface area (Å²) >= 11 is 0. The molecule has 0 saturated heterocycles. The van der Waals surface area contributed by atoms with Gasteiger partial charge >= 0.3 is 0 Å². The molecule has 0 aromatic rings. The van der Waals surface area contributed by atoms with Gasteiger partial charge in [-0.25, -0.2) is 8.42 Å². The third-order valence-corrected chi connectivity index (χ3v) is 4.71. The van der Waals surface area contributed by atoms with E-state index >= 15 is 0 Å². The summed E-state index contributed by atoms with van der Waals surface area (Å²) in [4.78, 5) is 0. The van der Waals surface area contributed by atoms with Crippen LogP contribution in [0.15, 0.2) is 0 Å². The first-order chi connectivity index (χ1) is 6.27. The van der Waals surface area contributed by atoms with Crippen molar-refractivity contribution in [2.24, 2.45) is 5.92 Å². The molecule has 0 aliphatic heterocycles. The largest absolute Gasteiger partial charge is 0.393 e. The first-order valence-corrected chi connectivity index (χ1v) is 6.88. The molecule has 3 nitrogen and oxygen atoms in total. The van der Waals surface area contributed by atoms with Crippen LogP contribution in [0.1, 0.15) is 40.5 Å². The number of hydrogen-bond donors (Lipinski definition) is 1. The zero-order valence-corrected chi connectivity index (χ0v) is 10.3. The van der Waals surface area contributed by atoms with Gasteiger partial charge in [-0.1, -0.05) is 13.8 Å². The fourth-order valence-electron chi connectivity index (χ4n) is 1.06. The fourth-order valence-corrected chi connectivity index (χ4v) is 2.10. The van der Waals surface area contributed by atoms with Gasteiger partial charge in [0.2, 0.25) is 0 Å². The molecule has 0 heterocycles. The maximum atomic E-state index is 11.4. The molecule has 0 aliphatic rings. The van der Waals surface area contributed by atoms with Gasteiger partial charge in [0, 0.05) is 0 Å². The summed E-state index contributed by atoms with van der Waals surface area (Å²) in [6, 6.07) is 0. The van der Waals surface area contributed by atoms with Crippen LogP contribution in [0, 0.1) is 5.92 Å². The molecule has 0 fully saturated rings. The second-order valence-electron chi connectivity index (χ2n) is 4.37. The van der Waals surface area contributed by atoms with Crippen molar-refractivity contribution in [3.8, 4) is 0 Å². The van der Waals surface area contributed by atoms with E-state index in [2.05, 4.69) is 0 Å². The van der Waals surface area contributed by atoms with E-state index in [0.29, 0.717) is 12.8 Å². The fraction of sp³-hybridized carbons (Fsp3) is 1.00. The summed E-state index contributed by atoms with van der Waals surface area (Å²) in [6.45, 7) is 7.24. The van der Waals surface area contributed by atoms with Gasteiger partial charge < -0.3 is 5.11 Å². The molecule has 1 unspecified atom stereocenters. The second kappa shape index (κ2) is 5.71. The van der Waals surface area contributed by atoms with Crippen LogP contribution in [-0.4, -0.2) is 30.6 Å². The van der Waals surface area contributed by atoms with Crippen LogP contribution >= 0.6 is 0 Å². The molecule has 0 aromatic heterocycles. The van der Waals surface area contributed by atoms with Crippen LogP contribution in [0.2, 0.25) is 0 Å². The lowest BCUT2D eigenvalue weighted by Crippen LogP contribution is -2.20. The average Bonchev–Trinajstić information content (AvgIpc) is 2.03. The van der Waals surface area contributed by atoms with Gasteiger partial charge in [0.05, 0.1) is 17.1 Å². The van der Waals surface area contributed by atoms with Crippen molar-refractivity contribution in [1.29, 1.82) is 0 Å². The third-order valence-electron chi connectivity index (χ3n) is 2.42. The summed E-state index contributed by atoms with van der Waals surface area (Å²) in [7, 11) is -2.93. The molecule has 14 heavy (non-hydrogen) atoms. The van der Waals surface area contributed by atoms with E-state index < -0.39 is 9.84 Å². The van der Waals surface area contributed by atoms with Gasteiger partial charge in [-0.15, -0.1) is 0 Å². The predicted octanol–water partition coefficient (Wildman–Crippen LogP) is 1.61. The highest BCUT2D eigenvalue weighted by Crippen LogP contribution is 2.10. The van der Waals surface area contributed by atoms with Crippen LogP contribution < -0.4 is 0 Å². The van der Waals surface area contributed by atoms with Gasteiger partial charge in [0.1, 0.15) is 0 Å². The smallest absolute Gasteiger partial charge is 0.152 e. The molecule has 0 aliphatic carbocycles. The summed E-state index contributed by atoms with van der Waals surface area (Å²) in [5.74, 6) is 0.394. The molecular formula is C10H22O3S. The molecule has 0 bridgehead atoms.